The van der Waals surface area contributed by atoms with Crippen molar-refractivity contribution in [1.29, 1.82) is 0 Å². The largest absolute Gasteiger partial charge is 0.384 e. The quantitative estimate of drug-likeness (QED) is 0.378. The molecule has 6 aliphatic rings. The van der Waals surface area contributed by atoms with Gasteiger partial charge in [0.2, 0.25) is 0 Å². The number of fused-ring (bicyclic) bond motifs is 5. The van der Waals surface area contributed by atoms with Crippen LogP contribution in [0, 0.1) is 11.3 Å². The lowest BCUT2D eigenvalue weighted by Crippen LogP contribution is -2.66. The summed E-state index contributed by atoms with van der Waals surface area (Å²) in [6, 6.07) is 9.61. The number of aromatic nitrogens is 1. The zero-order valence-corrected chi connectivity index (χ0v) is 24.7. The number of hydrogen-bond acceptors (Lipinski definition) is 4. The number of aromatic amines is 1. The van der Waals surface area contributed by atoms with Crippen molar-refractivity contribution in [3.8, 4) is 0 Å². The number of H-pyrrole nitrogens is 1. The standard InChI is InChI=1S/C36H48N4O/c41-36-18-10-4-1-2-5-11-20-39-22-17-30(35(25-39)23-26-13-7-3-6-12-21-40(26)34(35)36)29(24-36)32-33-28(16-19-37-32)27-14-8-9-15-31(27)38-33/h1,4,7-9,13-15,24,26,30,32,34,37-38,41H,2-3,5-6,10-12,16-23,25H2. The first-order valence-electron chi connectivity index (χ1n) is 16.7. The SMILES string of the molecule is OC12C=C(C3NCCc4c3[nH]c3ccccc43)C3CCN(CCCCC=CCC1)CC31CC3C=CCCCCN3C21. The van der Waals surface area contributed by atoms with E-state index in [4.69, 9.17) is 0 Å². The summed E-state index contributed by atoms with van der Waals surface area (Å²) in [5, 5.41) is 18.5. The predicted molar refractivity (Wildman–Crippen MR) is 167 cm³/mol. The van der Waals surface area contributed by atoms with Gasteiger partial charge >= 0.3 is 0 Å². The molecule has 5 aliphatic heterocycles. The molecule has 2 fully saturated rings. The van der Waals surface area contributed by atoms with Crippen LogP contribution in [0.2, 0.25) is 0 Å². The first-order valence-corrected chi connectivity index (χ1v) is 16.7. The van der Waals surface area contributed by atoms with E-state index in [2.05, 4.69) is 74.7 Å². The number of rotatable bonds is 1. The Morgan fingerprint density at radius 1 is 0.927 bits per heavy atom. The fourth-order valence-electron chi connectivity index (χ4n) is 10.2. The van der Waals surface area contributed by atoms with Crippen LogP contribution >= 0.6 is 0 Å². The molecule has 3 N–H and O–H groups in total. The molecule has 8 rings (SSSR count). The van der Waals surface area contributed by atoms with Crippen LogP contribution in [-0.2, 0) is 6.42 Å². The molecular weight excluding hydrogens is 504 g/mol. The van der Waals surface area contributed by atoms with Gasteiger partial charge in [0.05, 0.1) is 17.7 Å². The summed E-state index contributed by atoms with van der Waals surface area (Å²) < 4.78 is 0. The van der Waals surface area contributed by atoms with Crippen molar-refractivity contribution in [3.05, 3.63) is 71.5 Å². The second-order valence-electron chi connectivity index (χ2n) is 14.0. The van der Waals surface area contributed by atoms with Gasteiger partial charge in [-0.1, -0.05) is 48.6 Å². The maximum atomic E-state index is 13.1. The Labute approximate surface area is 245 Å². The molecule has 5 nitrogen and oxygen atoms in total. The third-order valence-electron chi connectivity index (χ3n) is 11.7. The van der Waals surface area contributed by atoms with E-state index in [1.807, 2.05) is 0 Å². The second kappa shape index (κ2) is 10.5. The predicted octanol–water partition coefficient (Wildman–Crippen LogP) is 6.04. The minimum atomic E-state index is -0.833. The Morgan fingerprint density at radius 2 is 1.78 bits per heavy atom. The molecule has 0 amide bonds. The molecule has 7 atom stereocenters. The smallest absolute Gasteiger partial charge is 0.0994 e. The molecule has 1 aromatic heterocycles. The van der Waals surface area contributed by atoms with Crippen LogP contribution in [0.1, 0.15) is 81.5 Å². The summed E-state index contributed by atoms with van der Waals surface area (Å²) in [5.74, 6) is 0.487. The first-order chi connectivity index (χ1) is 20.2. The molecule has 218 valence electrons. The maximum Gasteiger partial charge on any atom is 0.0994 e. The third-order valence-corrected chi connectivity index (χ3v) is 11.7. The Morgan fingerprint density at radius 3 is 2.73 bits per heavy atom. The average molecular weight is 553 g/mol. The molecule has 6 heterocycles. The maximum absolute atomic E-state index is 13.1. The second-order valence-corrected chi connectivity index (χ2v) is 14.0. The number of piperidine rings is 1. The summed E-state index contributed by atoms with van der Waals surface area (Å²) in [4.78, 5) is 9.45. The van der Waals surface area contributed by atoms with Crippen molar-refractivity contribution in [1.82, 2.24) is 20.1 Å². The zero-order valence-electron chi connectivity index (χ0n) is 24.7. The normalized spacial score (nSPS) is 39.4. The van der Waals surface area contributed by atoms with Gasteiger partial charge in [0.15, 0.2) is 0 Å². The van der Waals surface area contributed by atoms with Gasteiger partial charge in [-0.2, -0.15) is 0 Å². The van der Waals surface area contributed by atoms with Crippen molar-refractivity contribution in [2.45, 2.75) is 94.4 Å². The van der Waals surface area contributed by atoms with Gasteiger partial charge in [0.25, 0.3) is 0 Å². The number of nitrogens with zero attached hydrogens (tertiary/aromatic N) is 2. The molecule has 2 saturated heterocycles. The van der Waals surface area contributed by atoms with Gasteiger partial charge in [0, 0.05) is 41.1 Å². The van der Waals surface area contributed by atoms with E-state index in [0.29, 0.717) is 12.0 Å². The van der Waals surface area contributed by atoms with Gasteiger partial charge < -0.3 is 20.3 Å². The van der Waals surface area contributed by atoms with Crippen LogP contribution in [0.3, 0.4) is 0 Å². The highest BCUT2D eigenvalue weighted by atomic mass is 16.3. The Hall–Kier alpha value is -2.18. The van der Waals surface area contributed by atoms with E-state index >= 15 is 0 Å². The van der Waals surface area contributed by atoms with Crippen LogP contribution in [0.5, 0.6) is 0 Å². The van der Waals surface area contributed by atoms with Crippen molar-refractivity contribution >= 4 is 10.9 Å². The molecule has 0 saturated carbocycles. The third kappa shape index (κ3) is 4.33. The highest BCUT2D eigenvalue weighted by Crippen LogP contribution is 2.61. The zero-order chi connectivity index (χ0) is 27.4. The van der Waals surface area contributed by atoms with Crippen LogP contribution in [0.25, 0.3) is 10.9 Å². The molecule has 7 unspecified atom stereocenters. The topological polar surface area (TPSA) is 54.5 Å². The van der Waals surface area contributed by atoms with E-state index in [0.717, 1.165) is 38.9 Å². The molecule has 2 aromatic rings. The van der Waals surface area contributed by atoms with Gasteiger partial charge in [-0.25, -0.2) is 0 Å². The molecule has 41 heavy (non-hydrogen) atoms. The van der Waals surface area contributed by atoms with Gasteiger partial charge in [-0.15, -0.1) is 0 Å². The van der Waals surface area contributed by atoms with E-state index in [9.17, 15) is 5.11 Å². The molecule has 1 aromatic carbocycles. The molecule has 3 bridgehead atoms. The van der Waals surface area contributed by atoms with E-state index in [-0.39, 0.29) is 17.5 Å². The molecule has 1 aliphatic carbocycles. The number of nitrogens with one attached hydrogen (secondary N) is 2. The Bertz CT molecular complexity index is 1370. The number of para-hydroxylation sites is 1. The highest BCUT2D eigenvalue weighted by Gasteiger charge is 2.66. The summed E-state index contributed by atoms with van der Waals surface area (Å²) >= 11 is 0. The van der Waals surface area contributed by atoms with Crippen LogP contribution in [0.15, 0.2) is 60.2 Å². The molecular formula is C36H48N4O. The van der Waals surface area contributed by atoms with Crippen LogP contribution in [-0.4, -0.2) is 70.3 Å². The van der Waals surface area contributed by atoms with Gasteiger partial charge in [-0.3, -0.25) is 4.90 Å². The van der Waals surface area contributed by atoms with Gasteiger partial charge in [-0.05, 0) is 113 Å². The number of benzene rings is 1. The number of hydrogen-bond donors (Lipinski definition) is 3. The molecule has 1 spiro atoms. The number of allylic oxidation sites excluding steroid dienone is 3. The van der Waals surface area contributed by atoms with E-state index < -0.39 is 5.60 Å². The highest BCUT2D eigenvalue weighted by molar-refractivity contribution is 5.85. The van der Waals surface area contributed by atoms with Crippen molar-refractivity contribution < 1.29 is 5.11 Å². The lowest BCUT2D eigenvalue weighted by molar-refractivity contribution is -0.0984. The van der Waals surface area contributed by atoms with Crippen molar-refractivity contribution in [2.75, 3.05) is 32.7 Å². The Balaban J connectivity index is 1.30. The van der Waals surface area contributed by atoms with Crippen molar-refractivity contribution in [2.24, 2.45) is 11.3 Å². The summed E-state index contributed by atoms with van der Waals surface area (Å²) in [7, 11) is 0. The summed E-state index contributed by atoms with van der Waals surface area (Å²) in [5.41, 5.74) is 4.80. The van der Waals surface area contributed by atoms with Gasteiger partial charge in [0.1, 0.15) is 0 Å². The van der Waals surface area contributed by atoms with E-state index in [1.165, 1.54) is 92.2 Å². The lowest BCUT2D eigenvalue weighted by Gasteiger charge is -2.59. The van der Waals surface area contributed by atoms with Crippen LogP contribution in [0.4, 0.5) is 0 Å². The molecule has 0 radical (unpaired) electrons. The monoisotopic (exact) mass is 552 g/mol. The summed E-state index contributed by atoms with van der Waals surface area (Å²) in [6.07, 6.45) is 24.8. The fourth-order valence-corrected chi connectivity index (χ4v) is 10.2. The Kier molecular flexibility index (Phi) is 6.78. The molecule has 5 heteroatoms. The minimum absolute atomic E-state index is 0.0690. The minimum Gasteiger partial charge on any atom is -0.384 e. The van der Waals surface area contributed by atoms with E-state index in [1.54, 1.807) is 0 Å². The number of aliphatic hydroxyl groups is 1. The van der Waals surface area contributed by atoms with Crippen molar-refractivity contribution in [3.63, 3.8) is 0 Å². The lowest BCUT2D eigenvalue weighted by atomic mass is 9.54. The fraction of sp³-hybridized carbons (Fsp3) is 0.611. The first kappa shape index (κ1) is 26.4. The van der Waals surface area contributed by atoms with Crippen LogP contribution < -0.4 is 5.32 Å². The average Bonchev–Trinajstić information content (AvgIpc) is 3.49. The summed E-state index contributed by atoms with van der Waals surface area (Å²) in [6.45, 7) is 5.61.